The molecule has 6 heteroatoms. The van der Waals surface area contributed by atoms with Crippen LogP contribution in [0.15, 0.2) is 24.7 Å². The van der Waals surface area contributed by atoms with Gasteiger partial charge in [0.15, 0.2) is 0 Å². The molecule has 0 aromatic carbocycles. The first-order valence-corrected chi connectivity index (χ1v) is 7.86. The van der Waals surface area contributed by atoms with Crippen molar-refractivity contribution >= 4 is 5.82 Å². The second-order valence-electron chi connectivity index (χ2n) is 6.10. The fraction of sp³-hybridized carbons (Fsp3) is 0.500. The number of aromatic nitrogens is 4. The highest BCUT2D eigenvalue weighted by Gasteiger charge is 2.32. The van der Waals surface area contributed by atoms with Gasteiger partial charge in [0.05, 0.1) is 5.56 Å². The third kappa shape index (κ3) is 2.33. The minimum Gasteiger partial charge on any atom is -0.355 e. The molecule has 2 aliphatic rings. The van der Waals surface area contributed by atoms with E-state index in [0.29, 0.717) is 17.5 Å². The van der Waals surface area contributed by atoms with E-state index in [1.807, 2.05) is 18.5 Å². The molecule has 4 rings (SSSR count). The Morgan fingerprint density at radius 1 is 1.27 bits per heavy atom. The van der Waals surface area contributed by atoms with Crippen molar-refractivity contribution in [1.82, 2.24) is 19.7 Å². The van der Waals surface area contributed by atoms with Gasteiger partial charge in [-0.05, 0) is 37.8 Å². The molecular formula is C16H18N6. The van der Waals surface area contributed by atoms with Gasteiger partial charge in [-0.15, -0.1) is 10.2 Å². The van der Waals surface area contributed by atoms with Crippen molar-refractivity contribution in [3.63, 3.8) is 0 Å². The molecule has 2 fully saturated rings. The van der Waals surface area contributed by atoms with Crippen LogP contribution in [0.1, 0.15) is 49.0 Å². The van der Waals surface area contributed by atoms with E-state index in [1.54, 1.807) is 6.20 Å². The maximum atomic E-state index is 9.28. The Balaban J connectivity index is 1.59. The fourth-order valence-corrected chi connectivity index (χ4v) is 3.29. The van der Waals surface area contributed by atoms with E-state index in [2.05, 4.69) is 30.7 Å². The van der Waals surface area contributed by atoms with Crippen LogP contribution in [0.5, 0.6) is 0 Å². The average molecular weight is 294 g/mol. The number of pyridine rings is 1. The van der Waals surface area contributed by atoms with Crippen molar-refractivity contribution < 1.29 is 0 Å². The molecule has 2 aromatic heterocycles. The molecule has 1 aliphatic heterocycles. The molecular weight excluding hydrogens is 276 g/mol. The van der Waals surface area contributed by atoms with Gasteiger partial charge in [0.2, 0.25) is 0 Å². The number of nitrogens with zero attached hydrogens (tertiary/aromatic N) is 6. The van der Waals surface area contributed by atoms with Crippen molar-refractivity contribution in [2.45, 2.75) is 37.6 Å². The highest BCUT2D eigenvalue weighted by atomic mass is 15.3. The molecule has 3 heterocycles. The lowest BCUT2D eigenvalue weighted by Gasteiger charge is -2.33. The fourth-order valence-electron chi connectivity index (χ4n) is 3.29. The normalized spacial score (nSPS) is 21.6. The predicted octanol–water partition coefficient (Wildman–Crippen LogP) is 2.26. The van der Waals surface area contributed by atoms with E-state index >= 15 is 0 Å². The van der Waals surface area contributed by atoms with Crippen LogP contribution < -0.4 is 4.90 Å². The number of anilines is 1. The van der Waals surface area contributed by atoms with Crippen LogP contribution in [0.3, 0.4) is 0 Å². The summed E-state index contributed by atoms with van der Waals surface area (Å²) in [4.78, 5) is 6.64. The van der Waals surface area contributed by atoms with Gasteiger partial charge in [-0.2, -0.15) is 5.26 Å². The third-order valence-corrected chi connectivity index (χ3v) is 4.53. The number of hydrogen-bond donors (Lipinski definition) is 0. The number of nitriles is 1. The molecule has 0 radical (unpaired) electrons. The summed E-state index contributed by atoms with van der Waals surface area (Å²) >= 11 is 0. The lowest BCUT2D eigenvalue weighted by Crippen LogP contribution is -2.36. The van der Waals surface area contributed by atoms with E-state index in [0.717, 1.165) is 37.6 Å². The smallest absolute Gasteiger partial charge is 0.146 e. The van der Waals surface area contributed by atoms with Crippen LogP contribution in [0.25, 0.3) is 0 Å². The quantitative estimate of drug-likeness (QED) is 0.868. The molecule has 6 nitrogen and oxygen atoms in total. The van der Waals surface area contributed by atoms with E-state index in [-0.39, 0.29) is 0 Å². The molecule has 0 bridgehead atoms. The molecule has 1 saturated heterocycles. The van der Waals surface area contributed by atoms with Gasteiger partial charge in [-0.25, -0.2) is 4.98 Å². The van der Waals surface area contributed by atoms with Gasteiger partial charge >= 0.3 is 0 Å². The van der Waals surface area contributed by atoms with Crippen molar-refractivity contribution in [1.29, 1.82) is 5.26 Å². The first-order valence-electron chi connectivity index (χ1n) is 7.86. The first-order chi connectivity index (χ1) is 10.9. The summed E-state index contributed by atoms with van der Waals surface area (Å²) in [6.07, 6.45) is 8.31. The Labute approximate surface area is 129 Å². The van der Waals surface area contributed by atoms with Crippen molar-refractivity contribution in [2.75, 3.05) is 18.0 Å². The lowest BCUT2D eigenvalue weighted by atomic mass is 9.96. The molecule has 1 saturated carbocycles. The monoisotopic (exact) mass is 294 g/mol. The van der Waals surface area contributed by atoms with Crippen LogP contribution in [-0.2, 0) is 0 Å². The molecule has 1 aliphatic carbocycles. The van der Waals surface area contributed by atoms with E-state index in [1.165, 1.54) is 12.8 Å². The zero-order valence-corrected chi connectivity index (χ0v) is 12.4. The summed E-state index contributed by atoms with van der Waals surface area (Å²) in [6.45, 7) is 1.80. The van der Waals surface area contributed by atoms with E-state index < -0.39 is 0 Å². The molecule has 0 N–H and O–H groups in total. The van der Waals surface area contributed by atoms with Crippen molar-refractivity contribution in [2.24, 2.45) is 0 Å². The van der Waals surface area contributed by atoms with Gasteiger partial charge in [0.25, 0.3) is 0 Å². The molecule has 1 atom stereocenters. The van der Waals surface area contributed by atoms with Gasteiger partial charge < -0.3 is 9.47 Å². The SMILES string of the molecule is N#Cc1cccnc1N1CCCC(c2nncn2C2CC2)C1. The Hall–Kier alpha value is -2.42. The largest absolute Gasteiger partial charge is 0.355 e. The first kappa shape index (κ1) is 13.3. The van der Waals surface area contributed by atoms with Crippen LogP contribution in [0.4, 0.5) is 5.82 Å². The summed E-state index contributed by atoms with van der Waals surface area (Å²) in [6, 6.07) is 6.49. The maximum Gasteiger partial charge on any atom is 0.146 e. The Morgan fingerprint density at radius 2 is 2.18 bits per heavy atom. The summed E-state index contributed by atoms with van der Waals surface area (Å²) in [7, 11) is 0. The summed E-state index contributed by atoms with van der Waals surface area (Å²) in [5.74, 6) is 2.26. The Morgan fingerprint density at radius 3 is 3.00 bits per heavy atom. The minimum absolute atomic E-state index is 0.366. The van der Waals surface area contributed by atoms with Gasteiger partial charge in [0.1, 0.15) is 24.0 Å². The predicted molar refractivity (Wildman–Crippen MR) is 81.4 cm³/mol. The van der Waals surface area contributed by atoms with Crippen LogP contribution >= 0.6 is 0 Å². The molecule has 2 aromatic rings. The average Bonchev–Trinajstić information content (AvgIpc) is 3.31. The van der Waals surface area contributed by atoms with Crippen LogP contribution in [0.2, 0.25) is 0 Å². The van der Waals surface area contributed by atoms with Crippen molar-refractivity contribution in [3.8, 4) is 6.07 Å². The second-order valence-corrected chi connectivity index (χ2v) is 6.10. The minimum atomic E-state index is 0.366. The van der Waals surface area contributed by atoms with Gasteiger partial charge in [-0.3, -0.25) is 0 Å². The molecule has 1 unspecified atom stereocenters. The van der Waals surface area contributed by atoms with Crippen molar-refractivity contribution in [3.05, 3.63) is 36.0 Å². The standard InChI is InChI=1S/C16H18N6/c17-9-12-3-1-7-18-15(12)21-8-2-4-13(10-21)16-20-19-11-22(16)14-5-6-14/h1,3,7,11,13-14H,2,4-6,8,10H2. The van der Waals surface area contributed by atoms with E-state index in [4.69, 9.17) is 0 Å². The molecule has 22 heavy (non-hydrogen) atoms. The zero-order valence-electron chi connectivity index (χ0n) is 12.4. The number of rotatable bonds is 3. The maximum absolute atomic E-state index is 9.28. The summed E-state index contributed by atoms with van der Waals surface area (Å²) in [5, 5.41) is 17.8. The summed E-state index contributed by atoms with van der Waals surface area (Å²) in [5.41, 5.74) is 0.645. The lowest BCUT2D eigenvalue weighted by molar-refractivity contribution is 0.469. The molecule has 0 amide bonds. The van der Waals surface area contributed by atoms with Gasteiger partial charge in [0, 0.05) is 31.2 Å². The molecule has 112 valence electrons. The van der Waals surface area contributed by atoms with Crippen LogP contribution in [-0.4, -0.2) is 32.8 Å². The second kappa shape index (κ2) is 5.41. The molecule has 0 spiro atoms. The Bertz CT molecular complexity index is 711. The van der Waals surface area contributed by atoms with Crippen LogP contribution in [0, 0.1) is 11.3 Å². The van der Waals surface area contributed by atoms with Gasteiger partial charge in [-0.1, -0.05) is 0 Å². The topological polar surface area (TPSA) is 70.6 Å². The Kier molecular flexibility index (Phi) is 3.26. The van der Waals surface area contributed by atoms with E-state index in [9.17, 15) is 5.26 Å². The third-order valence-electron chi connectivity index (χ3n) is 4.53. The number of piperidine rings is 1. The zero-order chi connectivity index (χ0) is 14.9. The highest BCUT2D eigenvalue weighted by Crippen LogP contribution is 2.38. The number of hydrogen-bond acceptors (Lipinski definition) is 5. The summed E-state index contributed by atoms with van der Waals surface area (Å²) < 4.78 is 2.25. The highest BCUT2D eigenvalue weighted by molar-refractivity contribution is 5.53.